The van der Waals surface area contributed by atoms with Crippen molar-refractivity contribution < 1.29 is 14.3 Å². The highest BCUT2D eigenvalue weighted by molar-refractivity contribution is 5.75. The molecule has 4 rings (SSSR count). The van der Waals surface area contributed by atoms with Gasteiger partial charge in [0, 0.05) is 0 Å². The number of carbonyl (C=O) groups is 1. The Bertz CT molecular complexity index is 1040. The summed E-state index contributed by atoms with van der Waals surface area (Å²) in [5.74, 6) is 1.01. The zero-order chi connectivity index (χ0) is 22.5. The van der Waals surface area contributed by atoms with Crippen LogP contribution in [0, 0.1) is 6.92 Å². The van der Waals surface area contributed by atoms with Gasteiger partial charge in [-0.05, 0) is 78.1 Å². The van der Waals surface area contributed by atoms with E-state index in [0.29, 0.717) is 5.75 Å². The third kappa shape index (κ3) is 5.04. The maximum atomic E-state index is 11.5. The molecule has 0 radical (unpaired) electrons. The van der Waals surface area contributed by atoms with Crippen LogP contribution in [0.5, 0.6) is 5.75 Å². The molecule has 3 heteroatoms. The van der Waals surface area contributed by atoms with Crippen LogP contribution >= 0.6 is 0 Å². The molecule has 0 heterocycles. The van der Waals surface area contributed by atoms with Crippen LogP contribution in [0.4, 0.5) is 0 Å². The summed E-state index contributed by atoms with van der Waals surface area (Å²) >= 11 is 0. The third-order valence-corrected chi connectivity index (χ3v) is 6.56. The van der Waals surface area contributed by atoms with Crippen LogP contribution in [0.3, 0.4) is 0 Å². The largest absolute Gasteiger partial charge is 0.479 e. The lowest BCUT2D eigenvalue weighted by atomic mass is 9.83. The number of hydrogen-bond donors (Lipinski definition) is 0. The molecule has 0 bridgehead atoms. The molecule has 1 aliphatic rings. The van der Waals surface area contributed by atoms with Gasteiger partial charge in [0.05, 0.1) is 7.11 Å². The van der Waals surface area contributed by atoms with E-state index in [2.05, 4.69) is 49.4 Å². The zero-order valence-electron chi connectivity index (χ0n) is 19.3. The van der Waals surface area contributed by atoms with Gasteiger partial charge in [-0.2, -0.15) is 0 Å². The second-order valence-corrected chi connectivity index (χ2v) is 8.79. The Morgan fingerprint density at radius 2 is 1.47 bits per heavy atom. The molecule has 3 nitrogen and oxygen atoms in total. The van der Waals surface area contributed by atoms with Crippen molar-refractivity contribution >= 4 is 5.97 Å². The lowest BCUT2D eigenvalue weighted by Gasteiger charge is -2.22. The minimum atomic E-state index is -0.628. The summed E-state index contributed by atoms with van der Waals surface area (Å²) in [5.41, 5.74) is 7.55. The van der Waals surface area contributed by atoms with Gasteiger partial charge >= 0.3 is 5.97 Å². The second kappa shape index (κ2) is 10.0. The topological polar surface area (TPSA) is 35.5 Å². The predicted molar refractivity (Wildman–Crippen MR) is 130 cm³/mol. The van der Waals surface area contributed by atoms with Gasteiger partial charge in [-0.25, -0.2) is 4.79 Å². The van der Waals surface area contributed by atoms with E-state index in [0.717, 1.165) is 11.5 Å². The first-order valence-electron chi connectivity index (χ1n) is 11.6. The summed E-state index contributed by atoms with van der Waals surface area (Å²) in [6.45, 7) is 3.84. The first-order valence-corrected chi connectivity index (χ1v) is 11.6. The molecule has 0 spiro atoms. The number of rotatable bonds is 6. The van der Waals surface area contributed by atoms with Gasteiger partial charge in [-0.1, -0.05) is 73.9 Å². The molecule has 0 amide bonds. The predicted octanol–water partition coefficient (Wildman–Crippen LogP) is 7.32. The summed E-state index contributed by atoms with van der Waals surface area (Å²) in [4.78, 5) is 11.5. The van der Waals surface area contributed by atoms with Crippen molar-refractivity contribution in [3.63, 3.8) is 0 Å². The monoisotopic (exact) mass is 428 g/mol. The average Bonchev–Trinajstić information content (AvgIpc) is 2.84. The Hall–Kier alpha value is -3.07. The van der Waals surface area contributed by atoms with Crippen LogP contribution < -0.4 is 4.74 Å². The Labute approximate surface area is 191 Å². The van der Waals surface area contributed by atoms with E-state index in [4.69, 9.17) is 9.47 Å². The summed E-state index contributed by atoms with van der Waals surface area (Å²) in [6, 6.07) is 23.7. The number of methoxy groups -OCH3 is 1. The van der Waals surface area contributed by atoms with E-state index in [1.54, 1.807) is 6.92 Å². The summed E-state index contributed by atoms with van der Waals surface area (Å²) in [6.07, 6.45) is 6.16. The Balaban J connectivity index is 1.48. The SMILES string of the molecule is COC(=O)[C@H](C)Oc1ccc(-c2ccc(-c3ccc(C4CCCCC4)cc3)cc2C)cc1. The number of ether oxygens (including phenoxy) is 2. The highest BCUT2D eigenvalue weighted by Gasteiger charge is 2.16. The average molecular weight is 429 g/mol. The summed E-state index contributed by atoms with van der Waals surface area (Å²) < 4.78 is 10.4. The van der Waals surface area contributed by atoms with Crippen LogP contribution in [0.25, 0.3) is 22.3 Å². The number of benzene rings is 3. The lowest BCUT2D eigenvalue weighted by Crippen LogP contribution is -2.24. The normalized spacial score (nSPS) is 15.2. The Kier molecular flexibility index (Phi) is 6.94. The van der Waals surface area contributed by atoms with Crippen LogP contribution in [0.15, 0.2) is 66.7 Å². The maximum Gasteiger partial charge on any atom is 0.346 e. The smallest absolute Gasteiger partial charge is 0.346 e. The van der Waals surface area contributed by atoms with Gasteiger partial charge in [0.15, 0.2) is 6.10 Å². The van der Waals surface area contributed by atoms with Gasteiger partial charge in [-0.15, -0.1) is 0 Å². The quantitative estimate of drug-likeness (QED) is 0.386. The molecule has 3 aromatic rings. The molecular formula is C29H32O3. The molecule has 1 atom stereocenters. The van der Waals surface area contributed by atoms with Crippen molar-refractivity contribution in [2.75, 3.05) is 7.11 Å². The number of aryl methyl sites for hydroxylation is 1. The number of carbonyl (C=O) groups excluding carboxylic acids is 1. The molecule has 1 fully saturated rings. The van der Waals surface area contributed by atoms with E-state index in [1.165, 1.54) is 67.0 Å². The molecule has 32 heavy (non-hydrogen) atoms. The molecule has 0 N–H and O–H groups in total. The van der Waals surface area contributed by atoms with Gasteiger partial charge in [-0.3, -0.25) is 0 Å². The van der Waals surface area contributed by atoms with E-state index in [-0.39, 0.29) is 5.97 Å². The van der Waals surface area contributed by atoms with Crippen LogP contribution in [0.2, 0.25) is 0 Å². The van der Waals surface area contributed by atoms with Crippen molar-refractivity contribution in [2.45, 2.75) is 58.0 Å². The number of esters is 1. The molecule has 1 aliphatic carbocycles. The van der Waals surface area contributed by atoms with Crippen LogP contribution in [-0.2, 0) is 9.53 Å². The second-order valence-electron chi connectivity index (χ2n) is 8.79. The fraction of sp³-hybridized carbons (Fsp3) is 0.345. The highest BCUT2D eigenvalue weighted by atomic mass is 16.6. The van der Waals surface area contributed by atoms with Gasteiger partial charge in [0.2, 0.25) is 0 Å². The molecule has 166 valence electrons. The standard InChI is InChI=1S/C29H32O3/c1-20-19-26(24-11-9-23(10-12-24)22-7-5-4-6-8-22)15-18-28(20)25-13-16-27(17-14-25)32-21(2)29(30)31-3/h9-19,21-22H,4-8H2,1-3H3/t21-/m0/s1. The minimum Gasteiger partial charge on any atom is -0.479 e. The lowest BCUT2D eigenvalue weighted by molar-refractivity contribution is -0.147. The fourth-order valence-corrected chi connectivity index (χ4v) is 4.68. The van der Waals surface area contributed by atoms with Crippen LogP contribution in [-0.4, -0.2) is 19.2 Å². The van der Waals surface area contributed by atoms with E-state index in [9.17, 15) is 4.79 Å². The van der Waals surface area contributed by atoms with Crippen molar-refractivity contribution in [1.82, 2.24) is 0 Å². The molecule has 3 aromatic carbocycles. The fourth-order valence-electron chi connectivity index (χ4n) is 4.68. The zero-order valence-corrected chi connectivity index (χ0v) is 19.3. The molecule has 0 aromatic heterocycles. The van der Waals surface area contributed by atoms with E-state index < -0.39 is 6.10 Å². The number of hydrogen-bond acceptors (Lipinski definition) is 3. The first-order chi connectivity index (χ1) is 15.5. The van der Waals surface area contributed by atoms with Gasteiger partial charge < -0.3 is 9.47 Å². The molecule has 1 saturated carbocycles. The van der Waals surface area contributed by atoms with Crippen molar-refractivity contribution in [3.8, 4) is 28.0 Å². The molecule has 0 aliphatic heterocycles. The Morgan fingerprint density at radius 3 is 2.09 bits per heavy atom. The van der Waals surface area contributed by atoms with Crippen molar-refractivity contribution in [1.29, 1.82) is 0 Å². The van der Waals surface area contributed by atoms with E-state index in [1.807, 2.05) is 24.3 Å². The van der Waals surface area contributed by atoms with Gasteiger partial charge in [0.1, 0.15) is 5.75 Å². The summed E-state index contributed by atoms with van der Waals surface area (Å²) in [7, 11) is 1.36. The van der Waals surface area contributed by atoms with Crippen molar-refractivity contribution in [2.24, 2.45) is 0 Å². The highest BCUT2D eigenvalue weighted by Crippen LogP contribution is 2.34. The maximum absolute atomic E-state index is 11.5. The van der Waals surface area contributed by atoms with Crippen molar-refractivity contribution in [3.05, 3.63) is 77.9 Å². The third-order valence-electron chi connectivity index (χ3n) is 6.56. The molecule has 0 saturated heterocycles. The van der Waals surface area contributed by atoms with Gasteiger partial charge in [0.25, 0.3) is 0 Å². The Morgan fingerprint density at radius 1 is 0.844 bits per heavy atom. The van der Waals surface area contributed by atoms with E-state index >= 15 is 0 Å². The summed E-state index contributed by atoms with van der Waals surface area (Å²) in [5, 5.41) is 0. The minimum absolute atomic E-state index is 0.382. The molecule has 0 unspecified atom stereocenters. The first kappa shape index (κ1) is 22.1. The van der Waals surface area contributed by atoms with Crippen LogP contribution in [0.1, 0.15) is 56.1 Å². The molecular weight excluding hydrogens is 396 g/mol.